The highest BCUT2D eigenvalue weighted by molar-refractivity contribution is 5.28. The van der Waals surface area contributed by atoms with E-state index in [9.17, 15) is 0 Å². The lowest BCUT2D eigenvalue weighted by Crippen LogP contribution is -2.24. The molecule has 14 heavy (non-hydrogen) atoms. The van der Waals surface area contributed by atoms with Crippen molar-refractivity contribution in [3.63, 3.8) is 0 Å². The molecule has 0 aliphatic rings. The van der Waals surface area contributed by atoms with Gasteiger partial charge in [-0.1, -0.05) is 41.5 Å². The van der Waals surface area contributed by atoms with E-state index in [2.05, 4.69) is 57.0 Å². The molecule has 1 aromatic rings. The van der Waals surface area contributed by atoms with E-state index < -0.39 is 0 Å². The van der Waals surface area contributed by atoms with Crippen LogP contribution in [0.3, 0.4) is 0 Å². The Morgan fingerprint density at radius 1 is 0.929 bits per heavy atom. The fourth-order valence-electron chi connectivity index (χ4n) is 1.37. The van der Waals surface area contributed by atoms with Crippen molar-refractivity contribution in [1.82, 2.24) is 15.4 Å². The summed E-state index contributed by atoms with van der Waals surface area (Å²) in [6, 6.07) is 0. The minimum absolute atomic E-state index is 0.0263. The highest BCUT2D eigenvalue weighted by Gasteiger charge is 2.26. The molecule has 0 saturated carbocycles. The summed E-state index contributed by atoms with van der Waals surface area (Å²) in [6.45, 7) is 12.9. The summed E-state index contributed by atoms with van der Waals surface area (Å²) in [7, 11) is 0. The second-order valence-electron chi connectivity index (χ2n) is 5.70. The monoisotopic (exact) mass is 193 g/mol. The molecule has 78 valence electrons. The van der Waals surface area contributed by atoms with Crippen LogP contribution in [0.15, 0.2) is 6.20 Å². The minimum atomic E-state index is 0.0263. The maximum atomic E-state index is 4.16. The molecule has 1 rings (SSSR count). The second-order valence-corrected chi connectivity index (χ2v) is 5.70. The van der Waals surface area contributed by atoms with E-state index in [1.54, 1.807) is 0 Å². The van der Waals surface area contributed by atoms with Gasteiger partial charge >= 0.3 is 0 Å². The van der Waals surface area contributed by atoms with E-state index in [4.69, 9.17) is 0 Å². The molecule has 0 aliphatic heterocycles. The first-order valence-electron chi connectivity index (χ1n) is 4.92. The molecule has 0 aromatic carbocycles. The van der Waals surface area contributed by atoms with Crippen molar-refractivity contribution in [2.75, 3.05) is 0 Å². The van der Waals surface area contributed by atoms with Gasteiger partial charge in [-0.15, -0.1) is 10.2 Å². The first-order chi connectivity index (χ1) is 6.23. The molecule has 3 heteroatoms. The van der Waals surface area contributed by atoms with Gasteiger partial charge < -0.3 is 0 Å². The molecular weight excluding hydrogens is 174 g/mol. The fourth-order valence-corrected chi connectivity index (χ4v) is 1.37. The van der Waals surface area contributed by atoms with Gasteiger partial charge in [-0.05, 0) is 10.6 Å². The molecule has 3 nitrogen and oxygen atoms in total. The molecule has 0 amide bonds. The summed E-state index contributed by atoms with van der Waals surface area (Å²) in [5.41, 5.74) is 2.32. The summed E-state index contributed by atoms with van der Waals surface area (Å²) < 4.78 is 0. The van der Waals surface area contributed by atoms with E-state index in [-0.39, 0.29) is 10.8 Å². The minimum Gasteiger partial charge on any atom is -0.138 e. The fraction of sp³-hybridized carbons (Fsp3) is 0.727. The van der Waals surface area contributed by atoms with Crippen LogP contribution in [-0.4, -0.2) is 15.4 Å². The molecule has 0 radical (unpaired) electrons. The maximum Gasteiger partial charge on any atom is 0.0755 e. The van der Waals surface area contributed by atoms with Crippen molar-refractivity contribution in [3.05, 3.63) is 17.5 Å². The first-order valence-corrected chi connectivity index (χ1v) is 4.92. The molecule has 0 unspecified atom stereocenters. The SMILES string of the molecule is CC(C)(C)c1cnnnc1C(C)(C)C. The molecule has 0 bridgehead atoms. The summed E-state index contributed by atoms with van der Waals surface area (Å²) in [4.78, 5) is 0. The lowest BCUT2D eigenvalue weighted by Gasteiger charge is -2.26. The lowest BCUT2D eigenvalue weighted by molar-refractivity contribution is 0.496. The molecule has 0 saturated heterocycles. The predicted octanol–water partition coefficient (Wildman–Crippen LogP) is 2.47. The quantitative estimate of drug-likeness (QED) is 0.635. The average Bonchev–Trinajstić information content (AvgIpc) is 2.01. The van der Waals surface area contributed by atoms with Crippen molar-refractivity contribution in [2.24, 2.45) is 0 Å². The standard InChI is InChI=1S/C11H19N3/c1-10(2,3)8-7-12-14-13-9(8)11(4,5)6/h7H,1-6H3. The maximum absolute atomic E-state index is 4.16. The molecule has 1 aromatic heterocycles. The lowest BCUT2D eigenvalue weighted by atomic mass is 9.79. The van der Waals surface area contributed by atoms with Crippen molar-refractivity contribution >= 4 is 0 Å². The normalized spacial score (nSPS) is 13.0. The van der Waals surface area contributed by atoms with Crippen LogP contribution in [-0.2, 0) is 10.8 Å². The van der Waals surface area contributed by atoms with E-state index in [1.807, 2.05) is 6.20 Å². The summed E-state index contributed by atoms with van der Waals surface area (Å²) in [6.07, 6.45) is 1.83. The van der Waals surface area contributed by atoms with Gasteiger partial charge in [0.05, 0.1) is 11.9 Å². The van der Waals surface area contributed by atoms with Crippen molar-refractivity contribution in [3.8, 4) is 0 Å². The van der Waals surface area contributed by atoms with Crippen LogP contribution in [0, 0.1) is 0 Å². The molecule has 0 fully saturated rings. The zero-order chi connectivity index (χ0) is 11.0. The number of hydrogen-bond acceptors (Lipinski definition) is 3. The first kappa shape index (κ1) is 11.1. The Balaban J connectivity index is 3.31. The van der Waals surface area contributed by atoms with Crippen molar-refractivity contribution < 1.29 is 0 Å². The van der Waals surface area contributed by atoms with Gasteiger partial charge in [-0.2, -0.15) is 0 Å². The van der Waals surface area contributed by atoms with Crippen LogP contribution in [0.1, 0.15) is 52.8 Å². The molecule has 1 heterocycles. The Hall–Kier alpha value is -0.990. The van der Waals surface area contributed by atoms with Crippen LogP contribution < -0.4 is 0 Å². The number of aromatic nitrogens is 3. The Morgan fingerprint density at radius 2 is 1.50 bits per heavy atom. The smallest absolute Gasteiger partial charge is 0.0755 e. The largest absolute Gasteiger partial charge is 0.138 e. The topological polar surface area (TPSA) is 38.7 Å². The summed E-state index contributed by atoms with van der Waals surface area (Å²) in [5.74, 6) is 0. The van der Waals surface area contributed by atoms with Crippen LogP contribution in [0.5, 0.6) is 0 Å². The molecule has 0 N–H and O–H groups in total. The summed E-state index contributed by atoms with van der Waals surface area (Å²) in [5, 5.41) is 11.7. The van der Waals surface area contributed by atoms with E-state index in [0.717, 1.165) is 5.69 Å². The van der Waals surface area contributed by atoms with Gasteiger partial charge in [0.25, 0.3) is 0 Å². The van der Waals surface area contributed by atoms with E-state index in [1.165, 1.54) is 5.56 Å². The predicted molar refractivity (Wildman–Crippen MR) is 57.2 cm³/mol. The van der Waals surface area contributed by atoms with Crippen molar-refractivity contribution in [1.29, 1.82) is 0 Å². The summed E-state index contributed by atoms with van der Waals surface area (Å²) >= 11 is 0. The van der Waals surface area contributed by atoms with Gasteiger partial charge in [-0.3, -0.25) is 0 Å². The van der Waals surface area contributed by atoms with Crippen LogP contribution in [0.25, 0.3) is 0 Å². The number of rotatable bonds is 0. The third-order valence-corrected chi connectivity index (χ3v) is 2.16. The zero-order valence-corrected chi connectivity index (χ0v) is 9.92. The van der Waals surface area contributed by atoms with Gasteiger partial charge in [0.2, 0.25) is 0 Å². The molecule has 0 atom stereocenters. The van der Waals surface area contributed by atoms with Gasteiger partial charge in [0.1, 0.15) is 0 Å². The highest BCUT2D eigenvalue weighted by Crippen LogP contribution is 2.30. The molecule has 0 spiro atoms. The zero-order valence-electron chi connectivity index (χ0n) is 9.92. The van der Waals surface area contributed by atoms with Crippen LogP contribution in [0.4, 0.5) is 0 Å². The Morgan fingerprint density at radius 3 is 1.86 bits per heavy atom. The highest BCUT2D eigenvalue weighted by atomic mass is 15.3. The third kappa shape index (κ3) is 2.28. The van der Waals surface area contributed by atoms with E-state index in [0.29, 0.717) is 0 Å². The Labute approximate surface area is 85.9 Å². The average molecular weight is 193 g/mol. The number of nitrogens with zero attached hydrogens (tertiary/aromatic N) is 3. The third-order valence-electron chi connectivity index (χ3n) is 2.16. The van der Waals surface area contributed by atoms with Gasteiger partial charge in [-0.25, -0.2) is 0 Å². The Kier molecular flexibility index (Phi) is 2.61. The van der Waals surface area contributed by atoms with E-state index >= 15 is 0 Å². The second kappa shape index (κ2) is 3.30. The molecular formula is C11H19N3. The van der Waals surface area contributed by atoms with Crippen molar-refractivity contribution in [2.45, 2.75) is 52.4 Å². The van der Waals surface area contributed by atoms with Gasteiger partial charge in [0.15, 0.2) is 0 Å². The van der Waals surface area contributed by atoms with Crippen LogP contribution in [0.2, 0.25) is 0 Å². The Bertz CT molecular complexity index is 285. The molecule has 0 aliphatic carbocycles. The van der Waals surface area contributed by atoms with Crippen LogP contribution >= 0.6 is 0 Å². The van der Waals surface area contributed by atoms with Gasteiger partial charge in [0, 0.05) is 11.0 Å². The number of hydrogen-bond donors (Lipinski definition) is 0.